The molecule has 1 N–H and O–H groups in total. The highest BCUT2D eigenvalue weighted by Crippen LogP contribution is 2.21. The van der Waals surface area contributed by atoms with E-state index >= 15 is 0 Å². The molecule has 0 saturated carbocycles. The first kappa shape index (κ1) is 13.5. The summed E-state index contributed by atoms with van der Waals surface area (Å²) in [6, 6.07) is 10.5. The lowest BCUT2D eigenvalue weighted by Gasteiger charge is -2.14. The van der Waals surface area contributed by atoms with E-state index in [-0.39, 0.29) is 0 Å². The van der Waals surface area contributed by atoms with Crippen molar-refractivity contribution in [2.24, 2.45) is 0 Å². The highest BCUT2D eigenvalue weighted by molar-refractivity contribution is 5.40. The van der Waals surface area contributed by atoms with E-state index in [0.717, 1.165) is 30.9 Å². The Bertz CT molecular complexity index is 496. The predicted molar refractivity (Wildman–Crippen MR) is 79.4 cm³/mol. The molecular weight excluding hydrogens is 234 g/mol. The highest BCUT2D eigenvalue weighted by Gasteiger charge is 2.11. The van der Waals surface area contributed by atoms with Crippen LogP contribution in [0.5, 0.6) is 0 Å². The standard InChI is InChI=1S/C16H21N3/c1-3-9-18-16-15(17-10-11-19-16)12-13(2)14-7-5-4-6-8-14/h4-8,10-11,13H,3,9,12H2,1-2H3,(H,18,19). The molecule has 0 saturated heterocycles. The van der Waals surface area contributed by atoms with Crippen molar-refractivity contribution in [3.8, 4) is 0 Å². The molecule has 0 radical (unpaired) electrons. The zero-order valence-corrected chi connectivity index (χ0v) is 11.6. The van der Waals surface area contributed by atoms with Crippen molar-refractivity contribution in [1.82, 2.24) is 9.97 Å². The fourth-order valence-electron chi connectivity index (χ4n) is 2.10. The molecule has 0 aliphatic heterocycles. The van der Waals surface area contributed by atoms with E-state index in [1.165, 1.54) is 5.56 Å². The van der Waals surface area contributed by atoms with Crippen LogP contribution in [0.4, 0.5) is 5.82 Å². The molecule has 3 heteroatoms. The van der Waals surface area contributed by atoms with Gasteiger partial charge >= 0.3 is 0 Å². The molecule has 1 atom stereocenters. The van der Waals surface area contributed by atoms with E-state index in [4.69, 9.17) is 0 Å². The molecule has 0 fully saturated rings. The smallest absolute Gasteiger partial charge is 0.147 e. The Kier molecular flexibility index (Phi) is 4.90. The lowest BCUT2D eigenvalue weighted by molar-refractivity contribution is 0.736. The Morgan fingerprint density at radius 1 is 1.11 bits per heavy atom. The number of nitrogens with one attached hydrogen (secondary N) is 1. The maximum Gasteiger partial charge on any atom is 0.147 e. The van der Waals surface area contributed by atoms with Crippen molar-refractivity contribution in [1.29, 1.82) is 0 Å². The maximum absolute atomic E-state index is 4.47. The van der Waals surface area contributed by atoms with Crippen molar-refractivity contribution in [3.63, 3.8) is 0 Å². The van der Waals surface area contributed by atoms with Gasteiger partial charge in [-0.25, -0.2) is 4.98 Å². The topological polar surface area (TPSA) is 37.8 Å². The number of anilines is 1. The Morgan fingerprint density at radius 3 is 2.58 bits per heavy atom. The van der Waals surface area contributed by atoms with Gasteiger partial charge in [-0.2, -0.15) is 0 Å². The Labute approximate surface area is 115 Å². The summed E-state index contributed by atoms with van der Waals surface area (Å²) in [5.74, 6) is 1.37. The monoisotopic (exact) mass is 255 g/mol. The second kappa shape index (κ2) is 6.88. The second-order valence-corrected chi connectivity index (χ2v) is 4.79. The zero-order chi connectivity index (χ0) is 13.5. The van der Waals surface area contributed by atoms with E-state index in [1.807, 2.05) is 6.07 Å². The van der Waals surface area contributed by atoms with Gasteiger partial charge in [-0.05, 0) is 24.3 Å². The van der Waals surface area contributed by atoms with Gasteiger partial charge in [0, 0.05) is 18.9 Å². The minimum absolute atomic E-state index is 0.445. The van der Waals surface area contributed by atoms with Gasteiger partial charge in [-0.15, -0.1) is 0 Å². The third-order valence-corrected chi connectivity index (χ3v) is 3.18. The molecule has 1 aromatic heterocycles. The van der Waals surface area contributed by atoms with Gasteiger partial charge < -0.3 is 5.32 Å². The first-order valence-corrected chi connectivity index (χ1v) is 6.90. The van der Waals surface area contributed by atoms with Gasteiger partial charge in [0.05, 0.1) is 5.69 Å². The predicted octanol–water partition coefficient (Wildman–Crippen LogP) is 3.64. The molecule has 100 valence electrons. The van der Waals surface area contributed by atoms with E-state index in [0.29, 0.717) is 5.92 Å². The maximum atomic E-state index is 4.47. The third kappa shape index (κ3) is 3.78. The van der Waals surface area contributed by atoms with E-state index in [1.54, 1.807) is 12.4 Å². The second-order valence-electron chi connectivity index (χ2n) is 4.79. The summed E-state index contributed by atoms with van der Waals surface area (Å²) in [7, 11) is 0. The molecule has 1 aromatic carbocycles. The molecule has 0 bridgehead atoms. The SMILES string of the molecule is CCCNc1nccnc1CC(C)c1ccccc1. The molecule has 0 spiro atoms. The molecule has 0 amide bonds. The summed E-state index contributed by atoms with van der Waals surface area (Å²) in [6.45, 7) is 5.31. The molecule has 3 nitrogen and oxygen atoms in total. The van der Waals surface area contributed by atoms with Crippen LogP contribution in [0.3, 0.4) is 0 Å². The van der Waals surface area contributed by atoms with Crippen molar-refractivity contribution >= 4 is 5.82 Å². The van der Waals surface area contributed by atoms with E-state index in [2.05, 4.69) is 53.4 Å². The molecule has 0 aliphatic carbocycles. The van der Waals surface area contributed by atoms with Crippen molar-refractivity contribution in [2.45, 2.75) is 32.6 Å². The van der Waals surface area contributed by atoms with Gasteiger partial charge in [0.1, 0.15) is 5.82 Å². The van der Waals surface area contributed by atoms with Crippen LogP contribution in [-0.2, 0) is 6.42 Å². The number of hydrogen-bond acceptors (Lipinski definition) is 3. The minimum Gasteiger partial charge on any atom is -0.369 e. The molecule has 1 unspecified atom stereocenters. The van der Waals surface area contributed by atoms with Crippen molar-refractivity contribution in [3.05, 3.63) is 54.0 Å². The summed E-state index contributed by atoms with van der Waals surface area (Å²) in [5.41, 5.74) is 2.39. The van der Waals surface area contributed by atoms with Crippen molar-refractivity contribution < 1.29 is 0 Å². The summed E-state index contributed by atoms with van der Waals surface area (Å²) >= 11 is 0. The van der Waals surface area contributed by atoms with Crippen LogP contribution < -0.4 is 5.32 Å². The Hall–Kier alpha value is -1.90. The number of rotatable bonds is 6. The highest BCUT2D eigenvalue weighted by atomic mass is 15.0. The number of nitrogens with zero attached hydrogens (tertiary/aromatic N) is 2. The summed E-state index contributed by atoms with van der Waals surface area (Å²) in [4.78, 5) is 8.86. The average Bonchev–Trinajstić information content (AvgIpc) is 2.47. The lowest BCUT2D eigenvalue weighted by atomic mass is 9.96. The Morgan fingerprint density at radius 2 is 1.84 bits per heavy atom. The number of hydrogen-bond donors (Lipinski definition) is 1. The Balaban J connectivity index is 2.10. The van der Waals surface area contributed by atoms with Gasteiger partial charge in [-0.1, -0.05) is 44.2 Å². The molecule has 1 heterocycles. The van der Waals surface area contributed by atoms with Crippen LogP contribution in [0.25, 0.3) is 0 Å². The van der Waals surface area contributed by atoms with Crippen LogP contribution in [-0.4, -0.2) is 16.5 Å². The van der Waals surface area contributed by atoms with Gasteiger partial charge in [0.15, 0.2) is 0 Å². The quantitative estimate of drug-likeness (QED) is 0.856. The molecule has 0 aliphatic rings. The first-order chi connectivity index (χ1) is 9.31. The first-order valence-electron chi connectivity index (χ1n) is 6.90. The number of aromatic nitrogens is 2. The zero-order valence-electron chi connectivity index (χ0n) is 11.6. The van der Waals surface area contributed by atoms with Crippen LogP contribution in [0, 0.1) is 0 Å². The fraction of sp³-hybridized carbons (Fsp3) is 0.375. The molecule has 2 rings (SSSR count). The van der Waals surface area contributed by atoms with Crippen LogP contribution in [0.15, 0.2) is 42.7 Å². The lowest BCUT2D eigenvalue weighted by Crippen LogP contribution is -2.09. The minimum atomic E-state index is 0.445. The van der Waals surface area contributed by atoms with Gasteiger partial charge in [-0.3, -0.25) is 4.98 Å². The van der Waals surface area contributed by atoms with E-state index in [9.17, 15) is 0 Å². The average molecular weight is 255 g/mol. The van der Waals surface area contributed by atoms with Crippen molar-refractivity contribution in [2.75, 3.05) is 11.9 Å². The molecular formula is C16H21N3. The van der Waals surface area contributed by atoms with Crippen LogP contribution >= 0.6 is 0 Å². The van der Waals surface area contributed by atoms with Crippen LogP contribution in [0.2, 0.25) is 0 Å². The van der Waals surface area contributed by atoms with Crippen LogP contribution in [0.1, 0.15) is 37.4 Å². The van der Waals surface area contributed by atoms with Gasteiger partial charge in [0.2, 0.25) is 0 Å². The fourth-order valence-corrected chi connectivity index (χ4v) is 2.10. The largest absolute Gasteiger partial charge is 0.369 e. The summed E-state index contributed by atoms with van der Waals surface area (Å²) < 4.78 is 0. The normalized spacial score (nSPS) is 12.1. The summed E-state index contributed by atoms with van der Waals surface area (Å²) in [5, 5.41) is 3.35. The van der Waals surface area contributed by atoms with Gasteiger partial charge in [0.25, 0.3) is 0 Å². The molecule has 2 aromatic rings. The summed E-state index contributed by atoms with van der Waals surface area (Å²) in [6.07, 6.45) is 5.51. The third-order valence-electron chi connectivity index (χ3n) is 3.18. The van der Waals surface area contributed by atoms with E-state index < -0.39 is 0 Å². The number of benzene rings is 1. The molecule has 19 heavy (non-hydrogen) atoms.